The number of carbonyl (C=O) groups excluding carboxylic acids is 1. The maximum atomic E-state index is 13.6. The zero-order valence-electron chi connectivity index (χ0n) is 15.6. The number of halogens is 2. The van der Waals surface area contributed by atoms with Crippen LogP contribution in [0.25, 0.3) is 0 Å². The molecule has 0 spiro atoms. The summed E-state index contributed by atoms with van der Waals surface area (Å²) in [6.45, 7) is 0.950. The number of ether oxygens (including phenoxy) is 2. The Labute approximate surface area is 180 Å². The van der Waals surface area contributed by atoms with Crippen molar-refractivity contribution in [3.05, 3.63) is 52.8 Å². The van der Waals surface area contributed by atoms with Gasteiger partial charge in [-0.2, -0.15) is 13.5 Å². The monoisotopic (exact) mass is 461 g/mol. The molecule has 1 atom stereocenters. The van der Waals surface area contributed by atoms with Crippen LogP contribution in [0.15, 0.2) is 41.3 Å². The minimum Gasteiger partial charge on any atom is -0.496 e. The van der Waals surface area contributed by atoms with Crippen LogP contribution in [-0.2, 0) is 14.6 Å². The quantitative estimate of drug-likeness (QED) is 0.709. The van der Waals surface area contributed by atoms with E-state index in [-0.39, 0.29) is 52.1 Å². The molecular weight excluding hydrogens is 441 g/mol. The fourth-order valence-corrected chi connectivity index (χ4v) is 4.79. The summed E-state index contributed by atoms with van der Waals surface area (Å²) in [5.41, 5.74) is 0.0802. The lowest BCUT2D eigenvalue weighted by Gasteiger charge is -2.14. The molecule has 0 saturated carbocycles. The predicted molar refractivity (Wildman–Crippen MR) is 114 cm³/mol. The number of carbonyl (C=O) groups is 1. The van der Waals surface area contributed by atoms with Crippen LogP contribution in [0.5, 0.6) is 5.75 Å². The fraction of sp³-hybridized carbons (Fsp3) is 0.316. The lowest BCUT2D eigenvalue weighted by molar-refractivity contribution is 0.102. The third kappa shape index (κ3) is 5.42. The van der Waals surface area contributed by atoms with Crippen LogP contribution in [0.2, 0.25) is 5.02 Å². The number of amides is 1. The molecule has 1 saturated heterocycles. The first-order valence-corrected chi connectivity index (χ1v) is 10.6. The van der Waals surface area contributed by atoms with Gasteiger partial charge >= 0.3 is 0 Å². The van der Waals surface area contributed by atoms with Gasteiger partial charge in [0, 0.05) is 6.61 Å². The first kappa shape index (κ1) is 23.5. The number of hydrogen-bond acceptors (Lipinski definition) is 5. The highest BCUT2D eigenvalue weighted by molar-refractivity contribution is 7.91. The summed E-state index contributed by atoms with van der Waals surface area (Å²) in [6.07, 6.45) is 0.681. The van der Waals surface area contributed by atoms with E-state index in [4.69, 9.17) is 21.1 Å². The van der Waals surface area contributed by atoms with E-state index in [0.29, 0.717) is 19.6 Å². The van der Waals surface area contributed by atoms with Crippen molar-refractivity contribution >= 4 is 46.5 Å². The second-order valence-corrected chi connectivity index (χ2v) is 8.84. The van der Waals surface area contributed by atoms with E-state index in [1.807, 2.05) is 0 Å². The van der Waals surface area contributed by atoms with Crippen molar-refractivity contribution in [3.8, 4) is 5.75 Å². The Morgan fingerprint density at radius 3 is 2.76 bits per heavy atom. The molecule has 29 heavy (non-hydrogen) atoms. The van der Waals surface area contributed by atoms with Crippen molar-refractivity contribution in [2.45, 2.75) is 11.3 Å². The van der Waals surface area contributed by atoms with E-state index in [2.05, 4.69) is 5.32 Å². The minimum absolute atomic E-state index is 0. The average Bonchev–Trinajstić information content (AvgIpc) is 3.17. The molecule has 0 aromatic heterocycles. The standard InChI is InChI=1S/C19H19ClFNO5S.H2S/c1-26-17-6-5-13(28(24,25)11-12-7-8-27-10-12)9-14(17)19(23)22-16-4-2-3-15(21)18(16)20;/h2-6,9,12H,7-8,10-11H2,1H3,(H,22,23);1H2/t12-;/m0./s1. The highest BCUT2D eigenvalue weighted by Crippen LogP contribution is 2.29. The number of sulfone groups is 1. The molecule has 0 bridgehead atoms. The van der Waals surface area contributed by atoms with Crippen molar-refractivity contribution in [1.82, 2.24) is 0 Å². The highest BCUT2D eigenvalue weighted by atomic mass is 35.5. The molecule has 3 rings (SSSR count). The van der Waals surface area contributed by atoms with Crippen LogP contribution in [-0.4, -0.2) is 40.4 Å². The summed E-state index contributed by atoms with van der Waals surface area (Å²) in [4.78, 5) is 12.7. The number of hydrogen-bond donors (Lipinski definition) is 1. The molecule has 2 aromatic rings. The highest BCUT2D eigenvalue weighted by Gasteiger charge is 2.26. The molecular formula is C19H21ClFNO5S2. The lowest BCUT2D eigenvalue weighted by Crippen LogP contribution is -2.18. The van der Waals surface area contributed by atoms with E-state index in [1.165, 1.54) is 43.5 Å². The largest absolute Gasteiger partial charge is 0.496 e. The Kier molecular flexibility index (Phi) is 7.93. The number of methoxy groups -OCH3 is 1. The van der Waals surface area contributed by atoms with Gasteiger partial charge in [0.25, 0.3) is 5.91 Å². The van der Waals surface area contributed by atoms with Gasteiger partial charge in [0.1, 0.15) is 11.6 Å². The molecule has 1 fully saturated rings. The van der Waals surface area contributed by atoms with Crippen LogP contribution >= 0.6 is 25.1 Å². The van der Waals surface area contributed by atoms with Crippen LogP contribution in [0, 0.1) is 11.7 Å². The zero-order chi connectivity index (χ0) is 20.3. The molecule has 0 radical (unpaired) electrons. The van der Waals surface area contributed by atoms with Crippen molar-refractivity contribution in [3.63, 3.8) is 0 Å². The van der Waals surface area contributed by atoms with Crippen molar-refractivity contribution < 1.29 is 27.1 Å². The van der Waals surface area contributed by atoms with Gasteiger partial charge in [0.2, 0.25) is 0 Å². The van der Waals surface area contributed by atoms with Crippen molar-refractivity contribution in [2.75, 3.05) is 31.4 Å². The molecule has 1 aliphatic heterocycles. The molecule has 2 aromatic carbocycles. The minimum atomic E-state index is -3.61. The van der Waals surface area contributed by atoms with Gasteiger partial charge in [0.05, 0.1) is 40.6 Å². The van der Waals surface area contributed by atoms with E-state index < -0.39 is 21.6 Å². The third-order valence-corrected chi connectivity index (χ3v) is 6.72. The molecule has 1 N–H and O–H groups in total. The van der Waals surface area contributed by atoms with E-state index in [1.54, 1.807) is 0 Å². The lowest BCUT2D eigenvalue weighted by atomic mass is 10.1. The SMILES string of the molecule is COc1ccc(S(=O)(=O)C[C@H]2CCOC2)cc1C(=O)Nc1cccc(F)c1Cl.S. The second kappa shape index (κ2) is 9.80. The first-order valence-electron chi connectivity index (χ1n) is 8.55. The van der Waals surface area contributed by atoms with E-state index in [0.717, 1.165) is 0 Å². The molecule has 6 nitrogen and oxygen atoms in total. The van der Waals surface area contributed by atoms with Crippen molar-refractivity contribution in [2.24, 2.45) is 5.92 Å². The van der Waals surface area contributed by atoms with Gasteiger partial charge in [-0.25, -0.2) is 12.8 Å². The number of benzene rings is 2. The summed E-state index contributed by atoms with van der Waals surface area (Å²) < 4.78 is 49.4. The van der Waals surface area contributed by atoms with Crippen LogP contribution in [0.1, 0.15) is 16.8 Å². The zero-order valence-corrected chi connectivity index (χ0v) is 18.1. The van der Waals surface area contributed by atoms with Gasteiger partial charge in [0.15, 0.2) is 9.84 Å². The van der Waals surface area contributed by atoms with E-state index in [9.17, 15) is 17.6 Å². The van der Waals surface area contributed by atoms with Gasteiger partial charge < -0.3 is 14.8 Å². The summed E-state index contributed by atoms with van der Waals surface area (Å²) in [6, 6.07) is 8.08. The molecule has 158 valence electrons. The van der Waals surface area contributed by atoms with E-state index >= 15 is 0 Å². The smallest absolute Gasteiger partial charge is 0.259 e. The maximum Gasteiger partial charge on any atom is 0.259 e. The Morgan fingerprint density at radius 1 is 1.34 bits per heavy atom. The summed E-state index contributed by atoms with van der Waals surface area (Å²) in [5, 5.41) is 2.25. The molecule has 0 aliphatic carbocycles. The summed E-state index contributed by atoms with van der Waals surface area (Å²) >= 11 is 5.87. The summed E-state index contributed by atoms with van der Waals surface area (Å²) in [5.74, 6) is -1.29. The second-order valence-electron chi connectivity index (χ2n) is 6.43. The Hall–Kier alpha value is -1.81. The third-order valence-electron chi connectivity index (χ3n) is 4.45. The Balaban J connectivity index is 0.00000300. The Morgan fingerprint density at radius 2 is 2.10 bits per heavy atom. The average molecular weight is 462 g/mol. The molecule has 1 amide bonds. The van der Waals surface area contributed by atoms with Crippen molar-refractivity contribution in [1.29, 1.82) is 0 Å². The fourth-order valence-electron chi connectivity index (χ4n) is 2.97. The summed E-state index contributed by atoms with van der Waals surface area (Å²) in [7, 11) is -2.25. The molecule has 1 aliphatic rings. The molecule has 1 heterocycles. The number of rotatable bonds is 6. The topological polar surface area (TPSA) is 81.7 Å². The van der Waals surface area contributed by atoms with Gasteiger partial charge in [-0.3, -0.25) is 4.79 Å². The van der Waals surface area contributed by atoms with Gasteiger partial charge in [-0.1, -0.05) is 17.7 Å². The normalized spacial score (nSPS) is 16.2. The first-order chi connectivity index (χ1) is 13.3. The number of nitrogens with one attached hydrogen (secondary N) is 1. The predicted octanol–water partition coefficient (Wildman–Crippen LogP) is 3.66. The maximum absolute atomic E-state index is 13.6. The van der Waals surface area contributed by atoms with Crippen LogP contribution in [0.4, 0.5) is 10.1 Å². The van der Waals surface area contributed by atoms with Gasteiger partial charge in [-0.15, -0.1) is 0 Å². The Bertz CT molecular complexity index is 994. The van der Waals surface area contributed by atoms with Crippen LogP contribution in [0.3, 0.4) is 0 Å². The molecule has 10 heteroatoms. The van der Waals surface area contributed by atoms with Gasteiger partial charge in [-0.05, 0) is 42.7 Å². The van der Waals surface area contributed by atoms with Crippen LogP contribution < -0.4 is 10.1 Å². The molecule has 0 unspecified atom stereocenters. The number of anilines is 1.